The van der Waals surface area contributed by atoms with E-state index in [-0.39, 0.29) is 0 Å². The Labute approximate surface area is 226 Å². The molecule has 208 valence electrons. The summed E-state index contributed by atoms with van der Waals surface area (Å²) in [4.78, 5) is 11.6. The van der Waals surface area contributed by atoms with E-state index in [4.69, 9.17) is 15.5 Å². The molecule has 1 aromatic rings. The topological polar surface area (TPSA) is 90.5 Å². The van der Waals surface area contributed by atoms with Crippen molar-refractivity contribution in [2.24, 2.45) is 15.7 Å². The van der Waals surface area contributed by atoms with Crippen molar-refractivity contribution in [2.45, 2.75) is 53.5 Å². The molecule has 1 aromatic carbocycles. The zero-order valence-corrected chi connectivity index (χ0v) is 24.2. The van der Waals surface area contributed by atoms with Gasteiger partial charge in [-0.2, -0.15) is 0 Å². The Morgan fingerprint density at radius 2 is 1.84 bits per heavy atom. The fraction of sp³-hybridized carbons (Fsp3) is 0.448. The molecule has 1 saturated heterocycles. The van der Waals surface area contributed by atoms with Gasteiger partial charge in [-0.15, -0.1) is 13.2 Å². The predicted molar refractivity (Wildman–Crippen MR) is 163 cm³/mol. The summed E-state index contributed by atoms with van der Waals surface area (Å²) in [5.74, 6) is 1.43. The normalized spacial score (nSPS) is 17.0. The third-order valence-corrected chi connectivity index (χ3v) is 4.84. The molecule has 2 aliphatic heterocycles. The summed E-state index contributed by atoms with van der Waals surface area (Å²) in [6.07, 6.45) is 11.5. The van der Waals surface area contributed by atoms with Crippen LogP contribution in [0.5, 0.6) is 5.75 Å². The quantitative estimate of drug-likeness (QED) is 0.428. The Morgan fingerprint density at radius 1 is 1.22 bits per heavy atom. The van der Waals surface area contributed by atoms with Crippen LogP contribution in [0.3, 0.4) is 0 Å². The maximum absolute atomic E-state index is 6.01. The minimum absolute atomic E-state index is 0.333. The molecular formula is C29H51N7O. The smallest absolute Gasteiger partial charge is 0.179 e. The number of ether oxygens (including phenoxy) is 1. The number of amidine groups is 1. The molecule has 0 bridgehead atoms. The zero-order chi connectivity index (χ0) is 28.5. The van der Waals surface area contributed by atoms with Gasteiger partial charge in [-0.05, 0) is 57.3 Å². The van der Waals surface area contributed by atoms with Crippen LogP contribution in [0.25, 0.3) is 0 Å². The highest BCUT2D eigenvalue weighted by Crippen LogP contribution is 2.22. The van der Waals surface area contributed by atoms with Crippen LogP contribution in [0.1, 0.15) is 47.5 Å². The van der Waals surface area contributed by atoms with E-state index in [2.05, 4.69) is 46.4 Å². The number of likely N-dealkylation sites (tertiary alicyclic amines) is 1. The van der Waals surface area contributed by atoms with E-state index in [1.807, 2.05) is 83.2 Å². The monoisotopic (exact) mass is 513 g/mol. The molecule has 3 rings (SSSR count). The molecule has 0 amide bonds. The minimum atomic E-state index is 0.333. The average molecular weight is 514 g/mol. The number of hydrogen-bond acceptors (Lipinski definition) is 7. The van der Waals surface area contributed by atoms with Crippen LogP contribution < -0.4 is 21.2 Å². The summed E-state index contributed by atoms with van der Waals surface area (Å²) in [5, 5.41) is 4.63. The van der Waals surface area contributed by atoms with Crippen molar-refractivity contribution in [3.05, 3.63) is 74.3 Å². The van der Waals surface area contributed by atoms with E-state index < -0.39 is 0 Å². The van der Waals surface area contributed by atoms with Gasteiger partial charge in [0.1, 0.15) is 17.8 Å². The Kier molecular flexibility index (Phi) is 23.6. The first-order chi connectivity index (χ1) is 18.1. The minimum Gasteiger partial charge on any atom is -0.497 e. The van der Waals surface area contributed by atoms with Gasteiger partial charge in [-0.25, -0.2) is 9.98 Å². The zero-order valence-electron chi connectivity index (χ0n) is 24.2. The number of piperidine rings is 1. The first-order valence-electron chi connectivity index (χ1n) is 13.0. The van der Waals surface area contributed by atoms with Gasteiger partial charge in [-0.3, -0.25) is 15.3 Å². The molecule has 0 aromatic heterocycles. The van der Waals surface area contributed by atoms with Crippen molar-refractivity contribution < 1.29 is 4.74 Å². The lowest BCUT2D eigenvalue weighted by Gasteiger charge is -2.30. The largest absolute Gasteiger partial charge is 0.497 e. The maximum atomic E-state index is 6.01. The van der Waals surface area contributed by atoms with Gasteiger partial charge in [0.2, 0.25) is 0 Å². The van der Waals surface area contributed by atoms with Crippen LogP contribution >= 0.6 is 0 Å². The molecule has 0 spiro atoms. The fourth-order valence-electron chi connectivity index (χ4n) is 3.10. The molecule has 4 N–H and O–H groups in total. The van der Waals surface area contributed by atoms with Gasteiger partial charge in [0, 0.05) is 31.9 Å². The van der Waals surface area contributed by atoms with E-state index in [0.29, 0.717) is 11.9 Å². The van der Waals surface area contributed by atoms with Gasteiger partial charge in [0.25, 0.3) is 0 Å². The summed E-state index contributed by atoms with van der Waals surface area (Å²) >= 11 is 0. The average Bonchev–Trinajstić information content (AvgIpc) is 2.97. The number of hydrogen-bond donors (Lipinski definition) is 3. The Bertz CT molecular complexity index is 825. The van der Waals surface area contributed by atoms with Gasteiger partial charge in [-0.1, -0.05) is 46.4 Å². The number of methoxy groups -OCH3 is 1. The second kappa shape index (κ2) is 24.3. The highest BCUT2D eigenvalue weighted by Gasteiger charge is 2.19. The lowest BCUT2D eigenvalue weighted by Crippen LogP contribution is -2.41. The van der Waals surface area contributed by atoms with E-state index in [9.17, 15) is 0 Å². The standard InChI is InChI=1S/C20H28N6O.C3H7N.2C2H6.C2H4/c1-3-10-26-19(9-13-25-11-7-16(21)8-12-25)20(22-15-23-26)24-17-5-4-6-18(14-17)27-2;1-3-4-2;3*1-2/h3-6,9-10,14-16H,7-8,11-13,21H2,1-2H3,(H,22,23,24);3-4H,1H2,2H3;2*1-2H3;1-2H2/b10-3-,19-9+;;;;. The van der Waals surface area contributed by atoms with E-state index in [0.717, 1.165) is 49.6 Å². The van der Waals surface area contributed by atoms with E-state index in [1.54, 1.807) is 19.6 Å². The highest BCUT2D eigenvalue weighted by atomic mass is 16.5. The summed E-state index contributed by atoms with van der Waals surface area (Å²) in [6, 6.07) is 8.00. The molecule has 2 heterocycles. The number of hydrazine groups is 1. The Balaban J connectivity index is 0. The number of aliphatic imine (C=N–C) groups is 2. The number of nitrogens with one attached hydrogen (secondary N) is 2. The van der Waals surface area contributed by atoms with Crippen molar-refractivity contribution in [3.8, 4) is 5.75 Å². The summed E-state index contributed by atoms with van der Waals surface area (Å²) in [6.45, 7) is 22.2. The van der Waals surface area contributed by atoms with E-state index >= 15 is 0 Å². The third kappa shape index (κ3) is 14.7. The highest BCUT2D eigenvalue weighted by molar-refractivity contribution is 6.05. The molecule has 2 aliphatic rings. The van der Waals surface area contributed by atoms with Gasteiger partial charge in [0.05, 0.1) is 12.8 Å². The maximum Gasteiger partial charge on any atom is 0.179 e. The SMILES string of the molecule is C/C=C\N1NC=NC(=Nc2cccc(OC)c2)/C1=C\CN1CCC(N)CC1.C=C.C=CNC.CC.CC. The summed E-state index contributed by atoms with van der Waals surface area (Å²) < 4.78 is 5.29. The van der Waals surface area contributed by atoms with Crippen molar-refractivity contribution in [1.82, 2.24) is 20.7 Å². The fourth-order valence-corrected chi connectivity index (χ4v) is 3.10. The first-order valence-corrected chi connectivity index (χ1v) is 13.0. The number of nitrogens with two attached hydrogens (primary N) is 1. The van der Waals surface area contributed by atoms with Crippen molar-refractivity contribution in [3.63, 3.8) is 0 Å². The van der Waals surface area contributed by atoms with Crippen LogP contribution in [0, 0.1) is 0 Å². The van der Waals surface area contributed by atoms with Crippen molar-refractivity contribution in [2.75, 3.05) is 33.8 Å². The van der Waals surface area contributed by atoms with Crippen molar-refractivity contribution >= 4 is 17.9 Å². The molecule has 8 nitrogen and oxygen atoms in total. The van der Waals surface area contributed by atoms with Gasteiger partial charge >= 0.3 is 0 Å². The molecule has 0 unspecified atom stereocenters. The Hall–Kier alpha value is -3.36. The first kappa shape index (κ1) is 35.8. The lowest BCUT2D eigenvalue weighted by molar-refractivity contribution is 0.232. The van der Waals surface area contributed by atoms with Crippen molar-refractivity contribution in [1.29, 1.82) is 0 Å². The summed E-state index contributed by atoms with van der Waals surface area (Å²) in [5.41, 5.74) is 10.9. The lowest BCUT2D eigenvalue weighted by atomic mass is 10.1. The molecule has 8 heteroatoms. The van der Waals surface area contributed by atoms with Gasteiger partial charge < -0.3 is 15.8 Å². The van der Waals surface area contributed by atoms with Crippen LogP contribution in [0.15, 0.2) is 84.2 Å². The van der Waals surface area contributed by atoms with Crippen LogP contribution in [-0.4, -0.2) is 61.9 Å². The molecule has 0 saturated carbocycles. The number of allylic oxidation sites excluding steroid dienone is 1. The second-order valence-electron chi connectivity index (χ2n) is 7.10. The molecule has 0 atom stereocenters. The van der Waals surface area contributed by atoms with E-state index in [1.165, 1.54) is 0 Å². The second-order valence-corrected chi connectivity index (χ2v) is 7.10. The van der Waals surface area contributed by atoms with Crippen LogP contribution in [0.4, 0.5) is 5.69 Å². The molecule has 0 aliphatic carbocycles. The number of benzene rings is 1. The Morgan fingerprint density at radius 3 is 2.38 bits per heavy atom. The number of nitrogens with zero attached hydrogens (tertiary/aromatic N) is 4. The molecule has 0 radical (unpaired) electrons. The number of rotatable bonds is 6. The van der Waals surface area contributed by atoms with Crippen LogP contribution in [0.2, 0.25) is 0 Å². The summed E-state index contributed by atoms with van der Waals surface area (Å²) in [7, 11) is 3.46. The van der Waals surface area contributed by atoms with Gasteiger partial charge in [0.15, 0.2) is 5.84 Å². The van der Waals surface area contributed by atoms with Crippen LogP contribution in [-0.2, 0) is 0 Å². The molecule has 37 heavy (non-hydrogen) atoms. The third-order valence-electron chi connectivity index (χ3n) is 4.84. The molecular weight excluding hydrogens is 462 g/mol. The molecule has 1 fully saturated rings. The predicted octanol–water partition coefficient (Wildman–Crippen LogP) is 5.62.